The fourth-order valence-electron chi connectivity index (χ4n) is 3.07. The van der Waals surface area contributed by atoms with Gasteiger partial charge in [-0.25, -0.2) is 9.97 Å². The molecule has 0 atom stereocenters. The van der Waals surface area contributed by atoms with Gasteiger partial charge in [0, 0.05) is 35.3 Å². The van der Waals surface area contributed by atoms with Gasteiger partial charge in [-0.15, -0.1) is 0 Å². The highest BCUT2D eigenvalue weighted by Crippen LogP contribution is 2.23. The SMILES string of the molecule is CC1=C(Nc2cc(C)nc(-c3ccccc3)n2)C=C(c2ccccc2)NC1. The Morgan fingerprint density at radius 2 is 1.52 bits per heavy atom. The predicted molar refractivity (Wildman–Crippen MR) is 111 cm³/mol. The number of dihydropyridines is 1. The Labute approximate surface area is 159 Å². The van der Waals surface area contributed by atoms with E-state index in [0.29, 0.717) is 0 Å². The number of aryl methyl sites for hydroxylation is 1. The van der Waals surface area contributed by atoms with Crippen LogP contribution < -0.4 is 10.6 Å². The first-order valence-corrected chi connectivity index (χ1v) is 9.08. The van der Waals surface area contributed by atoms with Crippen molar-refractivity contribution in [2.75, 3.05) is 11.9 Å². The van der Waals surface area contributed by atoms with Gasteiger partial charge in [-0.1, -0.05) is 60.7 Å². The number of nitrogens with zero attached hydrogens (tertiary/aromatic N) is 2. The van der Waals surface area contributed by atoms with Crippen molar-refractivity contribution in [3.63, 3.8) is 0 Å². The molecule has 4 rings (SSSR count). The van der Waals surface area contributed by atoms with Crippen LogP contribution in [0.15, 0.2) is 84.1 Å². The molecule has 2 heterocycles. The van der Waals surface area contributed by atoms with Gasteiger partial charge >= 0.3 is 0 Å². The Morgan fingerprint density at radius 1 is 0.852 bits per heavy atom. The maximum Gasteiger partial charge on any atom is 0.161 e. The Kier molecular flexibility index (Phi) is 4.71. The highest BCUT2D eigenvalue weighted by Gasteiger charge is 2.13. The number of allylic oxidation sites excluding steroid dienone is 1. The third kappa shape index (κ3) is 3.90. The van der Waals surface area contributed by atoms with Crippen molar-refractivity contribution in [1.29, 1.82) is 0 Å². The third-order valence-electron chi connectivity index (χ3n) is 4.53. The molecule has 134 valence electrons. The number of aromatic nitrogens is 2. The fourth-order valence-corrected chi connectivity index (χ4v) is 3.07. The average Bonchev–Trinajstić information content (AvgIpc) is 2.70. The Morgan fingerprint density at radius 3 is 2.22 bits per heavy atom. The topological polar surface area (TPSA) is 49.8 Å². The second-order valence-corrected chi connectivity index (χ2v) is 6.68. The summed E-state index contributed by atoms with van der Waals surface area (Å²) in [4.78, 5) is 9.31. The van der Waals surface area contributed by atoms with Crippen LogP contribution in [0.5, 0.6) is 0 Å². The minimum atomic E-state index is 0.734. The van der Waals surface area contributed by atoms with Crippen molar-refractivity contribution in [2.45, 2.75) is 13.8 Å². The summed E-state index contributed by atoms with van der Waals surface area (Å²) in [7, 11) is 0. The zero-order valence-electron chi connectivity index (χ0n) is 15.5. The summed E-state index contributed by atoms with van der Waals surface area (Å²) in [5.41, 5.74) is 6.55. The van der Waals surface area contributed by atoms with Gasteiger partial charge < -0.3 is 10.6 Å². The number of benzene rings is 2. The Hall–Kier alpha value is -3.40. The van der Waals surface area contributed by atoms with Crippen molar-refractivity contribution < 1.29 is 0 Å². The van der Waals surface area contributed by atoms with Crippen LogP contribution in [0.1, 0.15) is 18.2 Å². The highest BCUT2D eigenvalue weighted by atomic mass is 15.0. The van der Waals surface area contributed by atoms with E-state index >= 15 is 0 Å². The van der Waals surface area contributed by atoms with E-state index in [0.717, 1.165) is 40.8 Å². The molecule has 4 nitrogen and oxygen atoms in total. The van der Waals surface area contributed by atoms with Gasteiger partial charge in [0.2, 0.25) is 0 Å². The van der Waals surface area contributed by atoms with Gasteiger partial charge in [0.15, 0.2) is 5.82 Å². The lowest BCUT2D eigenvalue weighted by Gasteiger charge is -2.21. The molecule has 0 fully saturated rings. The van der Waals surface area contributed by atoms with Crippen LogP contribution in [0.25, 0.3) is 17.1 Å². The number of anilines is 1. The minimum Gasteiger partial charge on any atom is -0.381 e. The normalized spacial score (nSPS) is 13.8. The molecule has 1 aliphatic rings. The van der Waals surface area contributed by atoms with Crippen molar-refractivity contribution in [2.24, 2.45) is 0 Å². The molecule has 0 radical (unpaired) electrons. The summed E-state index contributed by atoms with van der Waals surface area (Å²) in [6.07, 6.45) is 2.15. The lowest BCUT2D eigenvalue weighted by Crippen LogP contribution is -2.22. The zero-order valence-corrected chi connectivity index (χ0v) is 15.5. The smallest absolute Gasteiger partial charge is 0.161 e. The van der Waals surface area contributed by atoms with E-state index in [9.17, 15) is 0 Å². The van der Waals surface area contributed by atoms with Crippen molar-refractivity contribution >= 4 is 11.5 Å². The van der Waals surface area contributed by atoms with Gasteiger partial charge in [0.05, 0.1) is 0 Å². The summed E-state index contributed by atoms with van der Waals surface area (Å²) >= 11 is 0. The van der Waals surface area contributed by atoms with E-state index in [1.807, 2.05) is 49.4 Å². The molecule has 0 bridgehead atoms. The molecule has 0 aliphatic carbocycles. The quantitative estimate of drug-likeness (QED) is 0.708. The molecule has 0 unspecified atom stereocenters. The van der Waals surface area contributed by atoms with Crippen LogP contribution in [-0.2, 0) is 0 Å². The van der Waals surface area contributed by atoms with Crippen LogP contribution in [0.3, 0.4) is 0 Å². The highest BCUT2D eigenvalue weighted by molar-refractivity contribution is 5.71. The monoisotopic (exact) mass is 354 g/mol. The summed E-state index contributed by atoms with van der Waals surface area (Å²) in [6, 6.07) is 22.4. The van der Waals surface area contributed by atoms with Crippen LogP contribution in [-0.4, -0.2) is 16.5 Å². The molecule has 0 saturated carbocycles. The second kappa shape index (κ2) is 7.46. The summed E-state index contributed by atoms with van der Waals surface area (Å²) in [5.74, 6) is 1.54. The van der Waals surface area contributed by atoms with E-state index in [-0.39, 0.29) is 0 Å². The predicted octanol–water partition coefficient (Wildman–Crippen LogP) is 4.78. The summed E-state index contributed by atoms with van der Waals surface area (Å²) < 4.78 is 0. The number of nitrogens with one attached hydrogen (secondary N) is 2. The largest absolute Gasteiger partial charge is 0.381 e. The number of rotatable bonds is 4. The van der Waals surface area contributed by atoms with Gasteiger partial charge in [-0.05, 0) is 31.1 Å². The molecule has 0 saturated heterocycles. The second-order valence-electron chi connectivity index (χ2n) is 6.68. The van der Waals surface area contributed by atoms with E-state index in [1.165, 1.54) is 11.1 Å². The summed E-state index contributed by atoms with van der Waals surface area (Å²) in [6.45, 7) is 4.92. The first-order valence-electron chi connectivity index (χ1n) is 9.08. The van der Waals surface area contributed by atoms with Crippen molar-refractivity contribution in [1.82, 2.24) is 15.3 Å². The van der Waals surface area contributed by atoms with Crippen LogP contribution in [0.4, 0.5) is 5.82 Å². The molecule has 3 aromatic rings. The first-order chi connectivity index (χ1) is 13.2. The van der Waals surface area contributed by atoms with E-state index < -0.39 is 0 Å². The molecule has 1 aromatic heterocycles. The van der Waals surface area contributed by atoms with Gasteiger partial charge in [0.1, 0.15) is 5.82 Å². The summed E-state index contributed by atoms with van der Waals surface area (Å²) in [5, 5.41) is 6.97. The van der Waals surface area contributed by atoms with E-state index in [1.54, 1.807) is 0 Å². The Bertz CT molecular complexity index is 1010. The van der Waals surface area contributed by atoms with Gasteiger partial charge in [-0.2, -0.15) is 0 Å². The average molecular weight is 354 g/mol. The fraction of sp³-hybridized carbons (Fsp3) is 0.130. The lowest BCUT2D eigenvalue weighted by atomic mass is 10.1. The third-order valence-corrected chi connectivity index (χ3v) is 4.53. The molecule has 1 aliphatic heterocycles. The first kappa shape index (κ1) is 17.0. The minimum absolute atomic E-state index is 0.734. The molecule has 4 heteroatoms. The molecule has 2 N–H and O–H groups in total. The standard InChI is InChI=1S/C23H22N4/c1-16-15-24-21(18-9-5-3-6-10-18)14-20(16)26-22-13-17(2)25-23(27-22)19-11-7-4-8-12-19/h3-14,24H,15H2,1-2H3,(H,25,26,27). The van der Waals surface area contributed by atoms with Crippen LogP contribution >= 0.6 is 0 Å². The molecule has 0 spiro atoms. The maximum atomic E-state index is 4.72. The molecule has 0 amide bonds. The van der Waals surface area contributed by atoms with Gasteiger partial charge in [-0.3, -0.25) is 0 Å². The molecular formula is C23H22N4. The number of hydrogen-bond acceptors (Lipinski definition) is 4. The zero-order chi connectivity index (χ0) is 18.6. The van der Waals surface area contributed by atoms with Crippen molar-refractivity contribution in [3.05, 3.63) is 95.3 Å². The van der Waals surface area contributed by atoms with Crippen molar-refractivity contribution in [3.8, 4) is 11.4 Å². The molecular weight excluding hydrogens is 332 g/mol. The maximum absolute atomic E-state index is 4.72. The Balaban J connectivity index is 1.65. The van der Waals surface area contributed by atoms with E-state index in [2.05, 4.69) is 52.9 Å². The number of hydrogen-bond donors (Lipinski definition) is 2. The van der Waals surface area contributed by atoms with Crippen LogP contribution in [0, 0.1) is 6.92 Å². The van der Waals surface area contributed by atoms with Gasteiger partial charge in [0.25, 0.3) is 0 Å². The van der Waals surface area contributed by atoms with E-state index in [4.69, 9.17) is 4.98 Å². The van der Waals surface area contributed by atoms with Crippen LogP contribution in [0.2, 0.25) is 0 Å². The molecule has 27 heavy (non-hydrogen) atoms. The molecule has 2 aromatic carbocycles. The lowest BCUT2D eigenvalue weighted by molar-refractivity contribution is 0.923.